The summed E-state index contributed by atoms with van der Waals surface area (Å²) in [6, 6.07) is 0. The van der Waals surface area contributed by atoms with Gasteiger partial charge in [0.25, 0.3) is 0 Å². The molecule has 0 aliphatic carbocycles. The second kappa shape index (κ2) is 24.1. The van der Waals surface area contributed by atoms with Gasteiger partial charge in [-0.05, 0) is 26.7 Å². The molecular formula is C28H57NO2. The van der Waals surface area contributed by atoms with E-state index in [1.54, 1.807) is 18.7 Å². The molecule has 0 rings (SSSR count). The van der Waals surface area contributed by atoms with Crippen LogP contribution in [-0.2, 0) is 0 Å². The number of allylic oxidation sites excluding steroid dienone is 1. The first-order valence-corrected chi connectivity index (χ1v) is 13.9. The Labute approximate surface area is 195 Å². The lowest BCUT2D eigenvalue weighted by Crippen LogP contribution is -2.35. The third-order valence-electron chi connectivity index (χ3n) is 6.36. The van der Waals surface area contributed by atoms with Gasteiger partial charge in [0.15, 0.2) is 0 Å². The summed E-state index contributed by atoms with van der Waals surface area (Å²) in [6.07, 6.45) is 31.8. The van der Waals surface area contributed by atoms with Gasteiger partial charge in [0.05, 0.1) is 0 Å². The van der Waals surface area contributed by atoms with Crippen molar-refractivity contribution in [1.29, 1.82) is 0 Å². The molecular weight excluding hydrogens is 382 g/mol. The average Bonchev–Trinajstić information content (AvgIpc) is 2.73. The molecule has 0 heterocycles. The first kappa shape index (κ1) is 30.5. The minimum Gasteiger partial charge on any atom is -0.374 e. The van der Waals surface area contributed by atoms with Crippen LogP contribution < -0.4 is 0 Å². The summed E-state index contributed by atoms with van der Waals surface area (Å²) in [4.78, 5) is 1.57. The predicted molar refractivity (Wildman–Crippen MR) is 137 cm³/mol. The third kappa shape index (κ3) is 22.4. The number of aliphatic hydroxyl groups excluding tert-OH is 2. The summed E-state index contributed by atoms with van der Waals surface area (Å²) in [5.41, 5.74) is 0. The Bertz CT molecular complexity index is 360. The molecule has 0 aromatic carbocycles. The highest BCUT2D eigenvalue weighted by Gasteiger charge is 2.10. The van der Waals surface area contributed by atoms with Crippen LogP contribution in [0.5, 0.6) is 0 Å². The summed E-state index contributed by atoms with van der Waals surface area (Å²) in [5, 5.41) is 19.1. The van der Waals surface area contributed by atoms with Gasteiger partial charge >= 0.3 is 0 Å². The van der Waals surface area contributed by atoms with Crippen LogP contribution in [0, 0.1) is 0 Å². The summed E-state index contributed by atoms with van der Waals surface area (Å²) in [5.74, 6) is 0. The molecule has 0 bridgehead atoms. The van der Waals surface area contributed by atoms with Crippen molar-refractivity contribution in [2.24, 2.45) is 0 Å². The van der Waals surface area contributed by atoms with Crippen molar-refractivity contribution >= 4 is 0 Å². The second-order valence-electron chi connectivity index (χ2n) is 9.60. The van der Waals surface area contributed by atoms with Crippen molar-refractivity contribution in [1.82, 2.24) is 4.90 Å². The van der Waals surface area contributed by atoms with E-state index in [0.29, 0.717) is 0 Å². The molecule has 0 aromatic rings. The first-order chi connectivity index (χ1) is 15.1. The summed E-state index contributed by atoms with van der Waals surface area (Å²) >= 11 is 0. The zero-order valence-corrected chi connectivity index (χ0v) is 21.5. The van der Waals surface area contributed by atoms with Gasteiger partial charge in [0.1, 0.15) is 12.5 Å². The van der Waals surface area contributed by atoms with Crippen molar-refractivity contribution in [3.63, 3.8) is 0 Å². The standard InChI is InChI=1S/C28H57NO2/c1-4-5-6-7-8-9-10-11-12-13-14-15-16-17-18-19-20-21-22-23-24-25-26-29(27(2)30)28(3)31/h25-28,30-31H,4-24H2,1-3H3. The molecule has 3 heteroatoms. The molecule has 0 fully saturated rings. The second-order valence-corrected chi connectivity index (χ2v) is 9.60. The van der Waals surface area contributed by atoms with Crippen LogP contribution >= 0.6 is 0 Å². The Morgan fingerprint density at radius 1 is 0.516 bits per heavy atom. The van der Waals surface area contributed by atoms with Gasteiger partial charge in [0, 0.05) is 6.20 Å². The van der Waals surface area contributed by atoms with Gasteiger partial charge in [-0.25, -0.2) is 0 Å². The van der Waals surface area contributed by atoms with Gasteiger partial charge in [-0.1, -0.05) is 135 Å². The smallest absolute Gasteiger partial charge is 0.125 e. The molecule has 0 amide bonds. The highest BCUT2D eigenvalue weighted by molar-refractivity contribution is 4.83. The van der Waals surface area contributed by atoms with Gasteiger partial charge in [-0.2, -0.15) is 0 Å². The molecule has 0 aliphatic heterocycles. The maximum Gasteiger partial charge on any atom is 0.125 e. The molecule has 0 aromatic heterocycles. The van der Waals surface area contributed by atoms with Crippen LogP contribution in [0.15, 0.2) is 12.3 Å². The van der Waals surface area contributed by atoms with E-state index in [1.165, 1.54) is 128 Å². The number of hydrogen-bond acceptors (Lipinski definition) is 3. The highest BCUT2D eigenvalue weighted by Crippen LogP contribution is 2.15. The topological polar surface area (TPSA) is 43.7 Å². The Morgan fingerprint density at radius 2 is 0.806 bits per heavy atom. The first-order valence-electron chi connectivity index (χ1n) is 13.9. The van der Waals surface area contributed by atoms with Crippen molar-refractivity contribution in [2.75, 3.05) is 0 Å². The normalized spacial score (nSPS) is 13.7. The highest BCUT2D eigenvalue weighted by atomic mass is 16.3. The van der Waals surface area contributed by atoms with Crippen molar-refractivity contribution in [3.05, 3.63) is 12.3 Å². The van der Waals surface area contributed by atoms with E-state index < -0.39 is 12.5 Å². The van der Waals surface area contributed by atoms with E-state index in [9.17, 15) is 10.2 Å². The fourth-order valence-electron chi connectivity index (χ4n) is 4.27. The van der Waals surface area contributed by atoms with Gasteiger partial charge in [-0.15, -0.1) is 0 Å². The largest absolute Gasteiger partial charge is 0.374 e. The SMILES string of the molecule is CCCCCCCCCCCCCCCCCCCCCCC=CN(C(C)O)C(C)O. The summed E-state index contributed by atoms with van der Waals surface area (Å²) in [6.45, 7) is 5.64. The summed E-state index contributed by atoms with van der Waals surface area (Å²) < 4.78 is 0. The fourth-order valence-corrected chi connectivity index (χ4v) is 4.27. The molecule has 186 valence electrons. The zero-order valence-electron chi connectivity index (χ0n) is 21.5. The number of hydrogen-bond donors (Lipinski definition) is 2. The minimum absolute atomic E-state index is 0.647. The molecule has 0 aliphatic rings. The fraction of sp³-hybridized carbons (Fsp3) is 0.929. The lowest BCUT2D eigenvalue weighted by molar-refractivity contribution is -0.0513. The Balaban J connectivity index is 3.20. The van der Waals surface area contributed by atoms with Gasteiger partial charge in [0.2, 0.25) is 0 Å². The van der Waals surface area contributed by atoms with Crippen LogP contribution in [0.1, 0.15) is 156 Å². The van der Waals surface area contributed by atoms with Crippen LogP contribution in [-0.4, -0.2) is 27.6 Å². The molecule has 2 atom stereocenters. The molecule has 2 N–H and O–H groups in total. The third-order valence-corrected chi connectivity index (χ3v) is 6.36. The molecule has 31 heavy (non-hydrogen) atoms. The number of aliphatic hydroxyl groups is 2. The maximum atomic E-state index is 9.57. The van der Waals surface area contributed by atoms with Crippen LogP contribution in [0.25, 0.3) is 0 Å². The Hall–Kier alpha value is -0.540. The van der Waals surface area contributed by atoms with Crippen molar-refractivity contribution in [2.45, 2.75) is 168 Å². The average molecular weight is 440 g/mol. The lowest BCUT2D eigenvalue weighted by Gasteiger charge is -2.26. The monoisotopic (exact) mass is 439 g/mol. The minimum atomic E-state index is -0.647. The summed E-state index contributed by atoms with van der Waals surface area (Å²) in [7, 11) is 0. The number of unbranched alkanes of at least 4 members (excludes halogenated alkanes) is 20. The van der Waals surface area contributed by atoms with Crippen LogP contribution in [0.4, 0.5) is 0 Å². The van der Waals surface area contributed by atoms with E-state index in [-0.39, 0.29) is 0 Å². The predicted octanol–water partition coefficient (Wildman–Crippen LogP) is 8.69. The van der Waals surface area contributed by atoms with Crippen LogP contribution in [0.2, 0.25) is 0 Å². The van der Waals surface area contributed by atoms with E-state index in [0.717, 1.165) is 6.42 Å². The number of rotatable bonds is 24. The maximum absolute atomic E-state index is 9.57. The van der Waals surface area contributed by atoms with E-state index in [4.69, 9.17) is 0 Å². The number of nitrogens with zero attached hydrogens (tertiary/aromatic N) is 1. The quantitative estimate of drug-likeness (QED) is 0.117. The molecule has 0 saturated heterocycles. The molecule has 0 radical (unpaired) electrons. The zero-order chi connectivity index (χ0) is 23.0. The molecule has 0 saturated carbocycles. The lowest BCUT2D eigenvalue weighted by atomic mass is 10.0. The van der Waals surface area contributed by atoms with Gasteiger partial charge in [-0.3, -0.25) is 0 Å². The van der Waals surface area contributed by atoms with Crippen molar-refractivity contribution < 1.29 is 10.2 Å². The Kier molecular flexibility index (Phi) is 23.7. The Morgan fingerprint density at radius 3 is 1.10 bits per heavy atom. The van der Waals surface area contributed by atoms with E-state index in [2.05, 4.69) is 13.0 Å². The van der Waals surface area contributed by atoms with Gasteiger partial charge < -0.3 is 15.1 Å². The van der Waals surface area contributed by atoms with E-state index in [1.807, 2.05) is 6.20 Å². The van der Waals surface area contributed by atoms with Crippen LogP contribution in [0.3, 0.4) is 0 Å². The van der Waals surface area contributed by atoms with E-state index >= 15 is 0 Å². The molecule has 3 nitrogen and oxygen atoms in total. The molecule has 0 spiro atoms. The molecule has 2 unspecified atom stereocenters. The van der Waals surface area contributed by atoms with Crippen molar-refractivity contribution in [3.8, 4) is 0 Å².